The molecule has 0 aliphatic heterocycles. The quantitative estimate of drug-likeness (QED) is 0.526. The maximum absolute atomic E-state index is 11.6. The number of hydrogen-bond donors (Lipinski definition) is 3. The largest absolute Gasteiger partial charge is 0.481 e. The average molecular weight is 262 g/mol. The van der Waals surface area contributed by atoms with Gasteiger partial charge >= 0.3 is 5.97 Å². The average Bonchev–Trinajstić information content (AvgIpc) is 2.35. The molecule has 0 aliphatic carbocycles. The Morgan fingerprint density at radius 3 is 2.37 bits per heavy atom. The van der Waals surface area contributed by atoms with Crippen molar-refractivity contribution in [2.45, 2.75) is 6.42 Å². The van der Waals surface area contributed by atoms with Gasteiger partial charge in [0.2, 0.25) is 5.91 Å². The van der Waals surface area contributed by atoms with Crippen LogP contribution >= 0.6 is 0 Å². The van der Waals surface area contributed by atoms with E-state index in [0.29, 0.717) is 17.8 Å². The van der Waals surface area contributed by atoms with Crippen molar-refractivity contribution in [2.75, 3.05) is 11.9 Å². The normalized spacial score (nSPS) is 9.47. The third-order valence-electron chi connectivity index (χ3n) is 2.15. The Labute approximate surface area is 110 Å². The van der Waals surface area contributed by atoms with Crippen LogP contribution < -0.4 is 10.6 Å². The number of aliphatic carboxylic acids is 1. The number of carbonyl (C=O) groups excluding carboxylic acids is 2. The van der Waals surface area contributed by atoms with E-state index < -0.39 is 18.3 Å². The number of rotatable bonds is 6. The van der Waals surface area contributed by atoms with Crippen molar-refractivity contribution in [3.8, 4) is 0 Å². The molecule has 0 aliphatic rings. The van der Waals surface area contributed by atoms with Gasteiger partial charge in [0.15, 0.2) is 0 Å². The Kier molecular flexibility index (Phi) is 5.28. The lowest BCUT2D eigenvalue weighted by Gasteiger charge is -2.05. The van der Waals surface area contributed by atoms with Crippen LogP contribution in [0.4, 0.5) is 5.69 Å². The minimum Gasteiger partial charge on any atom is -0.481 e. The van der Waals surface area contributed by atoms with Crippen LogP contribution in [-0.4, -0.2) is 29.4 Å². The lowest BCUT2D eigenvalue weighted by atomic mass is 10.2. The monoisotopic (exact) mass is 262 g/mol. The fraction of sp³-hybridized carbons (Fsp3) is 0.154. The summed E-state index contributed by atoms with van der Waals surface area (Å²) >= 11 is 0. The van der Waals surface area contributed by atoms with Gasteiger partial charge in [-0.3, -0.25) is 14.4 Å². The van der Waals surface area contributed by atoms with Gasteiger partial charge in [-0.15, -0.1) is 6.58 Å². The summed E-state index contributed by atoms with van der Waals surface area (Å²) in [6.07, 6.45) is 0.972. The molecule has 0 spiro atoms. The van der Waals surface area contributed by atoms with Crippen LogP contribution in [0, 0.1) is 0 Å². The first-order valence-corrected chi connectivity index (χ1v) is 5.53. The number of nitrogens with one attached hydrogen (secondary N) is 2. The molecule has 6 nitrogen and oxygen atoms in total. The van der Waals surface area contributed by atoms with E-state index in [0.717, 1.165) is 0 Å². The maximum Gasteiger partial charge on any atom is 0.312 e. The number of hydrogen-bond acceptors (Lipinski definition) is 3. The summed E-state index contributed by atoms with van der Waals surface area (Å²) in [5, 5.41) is 13.5. The van der Waals surface area contributed by atoms with Crippen molar-refractivity contribution in [1.29, 1.82) is 0 Å². The van der Waals surface area contributed by atoms with Gasteiger partial charge in [0.25, 0.3) is 5.91 Å². The summed E-state index contributed by atoms with van der Waals surface area (Å²) in [6.45, 7) is 3.86. The van der Waals surface area contributed by atoms with Crippen LogP contribution in [-0.2, 0) is 9.59 Å². The molecule has 0 bridgehead atoms. The van der Waals surface area contributed by atoms with Crippen molar-refractivity contribution in [3.63, 3.8) is 0 Å². The number of amides is 2. The van der Waals surface area contributed by atoms with E-state index in [2.05, 4.69) is 17.2 Å². The van der Waals surface area contributed by atoms with E-state index >= 15 is 0 Å². The predicted octanol–water partition coefficient (Wildman–Crippen LogP) is 1.02. The molecule has 0 saturated carbocycles. The molecule has 19 heavy (non-hydrogen) atoms. The first-order chi connectivity index (χ1) is 9.02. The third kappa shape index (κ3) is 5.03. The second-order valence-corrected chi connectivity index (χ2v) is 3.69. The van der Waals surface area contributed by atoms with Gasteiger partial charge in [-0.25, -0.2) is 0 Å². The van der Waals surface area contributed by atoms with Gasteiger partial charge < -0.3 is 15.7 Å². The lowest BCUT2D eigenvalue weighted by Crippen LogP contribution is -2.23. The first-order valence-electron chi connectivity index (χ1n) is 5.53. The minimum atomic E-state index is -1.20. The van der Waals surface area contributed by atoms with Crippen molar-refractivity contribution in [1.82, 2.24) is 5.32 Å². The fourth-order valence-electron chi connectivity index (χ4n) is 1.31. The zero-order chi connectivity index (χ0) is 14.3. The summed E-state index contributed by atoms with van der Waals surface area (Å²) in [7, 11) is 0. The molecule has 0 saturated heterocycles. The molecule has 3 N–H and O–H groups in total. The molecule has 0 atom stereocenters. The van der Waals surface area contributed by atoms with Crippen molar-refractivity contribution < 1.29 is 19.5 Å². The van der Waals surface area contributed by atoms with E-state index in [1.54, 1.807) is 6.08 Å². The third-order valence-corrected chi connectivity index (χ3v) is 2.15. The smallest absolute Gasteiger partial charge is 0.312 e. The lowest BCUT2D eigenvalue weighted by molar-refractivity contribution is -0.139. The first kappa shape index (κ1) is 14.4. The highest BCUT2D eigenvalue weighted by atomic mass is 16.4. The molecule has 1 rings (SSSR count). The Hall–Kier alpha value is -2.63. The van der Waals surface area contributed by atoms with E-state index in [-0.39, 0.29) is 5.91 Å². The Balaban J connectivity index is 2.61. The highest BCUT2D eigenvalue weighted by Crippen LogP contribution is 2.09. The van der Waals surface area contributed by atoms with Crippen LogP contribution in [0.2, 0.25) is 0 Å². The standard InChI is InChI=1S/C13H14N2O4/c1-2-7-14-13(19)9-3-5-10(6-4-9)15-11(16)8-12(17)18/h2-6H,1,7-8H2,(H,14,19)(H,15,16)(H,17,18). The highest BCUT2D eigenvalue weighted by Gasteiger charge is 2.08. The van der Waals surface area contributed by atoms with Crippen molar-refractivity contribution in [2.24, 2.45) is 0 Å². The highest BCUT2D eigenvalue weighted by molar-refractivity contribution is 6.01. The number of benzene rings is 1. The number of carboxylic acids is 1. The molecule has 0 fully saturated rings. The summed E-state index contributed by atoms with van der Waals surface area (Å²) < 4.78 is 0. The van der Waals surface area contributed by atoms with E-state index in [4.69, 9.17) is 5.11 Å². The molecule has 0 heterocycles. The molecule has 0 aromatic heterocycles. The van der Waals surface area contributed by atoms with Gasteiger partial charge in [0.1, 0.15) is 6.42 Å². The van der Waals surface area contributed by atoms with Gasteiger partial charge in [0.05, 0.1) is 0 Å². The number of carboxylic acid groups (broad SMARTS) is 1. The molecule has 1 aromatic carbocycles. The predicted molar refractivity (Wildman–Crippen MR) is 69.9 cm³/mol. The minimum absolute atomic E-state index is 0.247. The summed E-state index contributed by atoms with van der Waals surface area (Å²) in [4.78, 5) is 33.1. The Bertz CT molecular complexity index is 494. The van der Waals surface area contributed by atoms with Crippen LogP contribution in [0.5, 0.6) is 0 Å². The SMILES string of the molecule is C=CCNC(=O)c1ccc(NC(=O)CC(=O)O)cc1. The summed E-state index contributed by atoms with van der Waals surface area (Å²) in [5.41, 5.74) is 0.879. The molecular weight excluding hydrogens is 248 g/mol. The number of anilines is 1. The van der Waals surface area contributed by atoms with Gasteiger partial charge in [-0.05, 0) is 24.3 Å². The van der Waals surface area contributed by atoms with E-state index in [1.165, 1.54) is 24.3 Å². The molecule has 6 heteroatoms. The summed E-state index contributed by atoms with van der Waals surface area (Å²) in [6, 6.07) is 6.13. The number of carbonyl (C=O) groups is 3. The maximum atomic E-state index is 11.6. The topological polar surface area (TPSA) is 95.5 Å². The van der Waals surface area contributed by atoms with Crippen molar-refractivity contribution >= 4 is 23.5 Å². The molecule has 100 valence electrons. The zero-order valence-corrected chi connectivity index (χ0v) is 10.2. The van der Waals surface area contributed by atoms with Crippen LogP contribution in [0.3, 0.4) is 0 Å². The van der Waals surface area contributed by atoms with Gasteiger partial charge in [0, 0.05) is 17.8 Å². The molecule has 0 unspecified atom stereocenters. The Morgan fingerprint density at radius 1 is 1.21 bits per heavy atom. The van der Waals surface area contributed by atoms with Crippen LogP contribution in [0.15, 0.2) is 36.9 Å². The second-order valence-electron chi connectivity index (χ2n) is 3.69. The molecule has 1 aromatic rings. The van der Waals surface area contributed by atoms with Gasteiger partial charge in [-0.1, -0.05) is 6.08 Å². The van der Waals surface area contributed by atoms with E-state index in [9.17, 15) is 14.4 Å². The van der Waals surface area contributed by atoms with Crippen molar-refractivity contribution in [3.05, 3.63) is 42.5 Å². The van der Waals surface area contributed by atoms with E-state index in [1.807, 2.05) is 0 Å². The van der Waals surface area contributed by atoms with Gasteiger partial charge in [-0.2, -0.15) is 0 Å². The molecule has 0 radical (unpaired) electrons. The second kappa shape index (κ2) is 6.95. The zero-order valence-electron chi connectivity index (χ0n) is 10.2. The van der Waals surface area contributed by atoms with Crippen LogP contribution in [0.1, 0.15) is 16.8 Å². The molecule has 2 amide bonds. The summed E-state index contributed by atoms with van der Waals surface area (Å²) in [5.74, 6) is -2.06. The van der Waals surface area contributed by atoms with Crippen LogP contribution in [0.25, 0.3) is 0 Å². The molecular formula is C13H14N2O4. The Morgan fingerprint density at radius 2 is 1.84 bits per heavy atom. The fourth-order valence-corrected chi connectivity index (χ4v) is 1.31.